The van der Waals surface area contributed by atoms with Crippen molar-refractivity contribution in [2.24, 2.45) is 0 Å². The van der Waals surface area contributed by atoms with Crippen LogP contribution < -0.4 is 5.73 Å². The number of aryl methyl sites for hydroxylation is 1. The van der Waals surface area contributed by atoms with Crippen LogP contribution in [0.5, 0.6) is 0 Å². The second-order valence-electron chi connectivity index (χ2n) is 5.58. The number of nitrogens with zero attached hydrogens (tertiary/aromatic N) is 1. The van der Waals surface area contributed by atoms with Gasteiger partial charge in [0.1, 0.15) is 0 Å². The third-order valence-electron chi connectivity index (χ3n) is 3.34. The second kappa shape index (κ2) is 10.6. The second-order valence-corrected chi connectivity index (χ2v) is 6.64. The minimum atomic E-state index is -0.759. The lowest BCUT2D eigenvalue weighted by molar-refractivity contribution is -0.138. The van der Waals surface area contributed by atoms with Crippen LogP contribution in [0.15, 0.2) is 18.2 Å². The number of hydrogen-bond donors (Lipinski definition) is 3. The number of anilines is 1. The summed E-state index contributed by atoms with van der Waals surface area (Å²) >= 11 is 1.53. The average molecular weight is 352 g/mol. The maximum absolute atomic E-state index is 10.1. The molecule has 0 fully saturated rings. The van der Waals surface area contributed by atoms with E-state index >= 15 is 0 Å². The first-order valence-corrected chi connectivity index (χ1v) is 8.76. The molecule has 0 aliphatic heterocycles. The number of nitrogens with two attached hydrogens (primary N) is 1. The summed E-state index contributed by atoms with van der Waals surface area (Å²) in [5.74, 6) is -1.52. The third kappa shape index (κ3) is 8.47. The van der Waals surface area contributed by atoms with Crippen LogP contribution in [0.1, 0.15) is 50.5 Å². The van der Waals surface area contributed by atoms with E-state index in [2.05, 4.69) is 18.0 Å². The predicted octanol–water partition coefficient (Wildman–Crippen LogP) is 4.07. The number of carboxylic acid groups (broad SMARTS) is 2. The molecule has 4 N–H and O–H groups in total. The average Bonchev–Trinajstić information content (AvgIpc) is 2.85. The molecule has 0 unspecified atom stereocenters. The summed E-state index contributed by atoms with van der Waals surface area (Å²) in [6.07, 6.45) is 4.53. The monoisotopic (exact) mass is 352 g/mol. The predicted molar refractivity (Wildman–Crippen MR) is 96.4 cm³/mol. The van der Waals surface area contributed by atoms with Gasteiger partial charge in [0, 0.05) is 12.8 Å². The first kappa shape index (κ1) is 19.9. The van der Waals surface area contributed by atoms with Crippen LogP contribution in [0.2, 0.25) is 0 Å². The van der Waals surface area contributed by atoms with E-state index in [0.29, 0.717) is 18.0 Å². The third-order valence-corrected chi connectivity index (χ3v) is 4.19. The lowest BCUT2D eigenvalue weighted by atomic mass is 10.1. The molecule has 0 atom stereocenters. The molecule has 0 bridgehead atoms. The number of thiazole rings is 1. The Balaban J connectivity index is 0.000000242. The molecule has 0 spiro atoms. The molecule has 2 aromatic rings. The van der Waals surface area contributed by atoms with E-state index < -0.39 is 11.9 Å². The van der Waals surface area contributed by atoms with E-state index in [0.717, 1.165) is 24.8 Å². The minimum Gasteiger partial charge on any atom is -0.481 e. The number of unbranched alkanes of at least 4 members (excludes halogenated alkanes) is 4. The van der Waals surface area contributed by atoms with Gasteiger partial charge in [-0.05, 0) is 37.5 Å². The Hall–Kier alpha value is -2.15. The summed E-state index contributed by atoms with van der Waals surface area (Å²) in [5.41, 5.74) is 7.80. The highest BCUT2D eigenvalue weighted by Crippen LogP contribution is 2.23. The highest BCUT2D eigenvalue weighted by molar-refractivity contribution is 7.22. The smallest absolute Gasteiger partial charge is 0.303 e. The molecule has 7 heteroatoms. The molecule has 0 aliphatic rings. The number of aromatic nitrogens is 1. The summed E-state index contributed by atoms with van der Waals surface area (Å²) < 4.78 is 1.17. The SMILES string of the molecule is Cc1ccc2nc(N)sc2c1.O=C(O)CCCCCCCC(=O)O. The van der Waals surface area contributed by atoms with Crippen molar-refractivity contribution in [2.45, 2.75) is 51.9 Å². The van der Waals surface area contributed by atoms with Gasteiger partial charge in [-0.1, -0.05) is 36.7 Å². The van der Waals surface area contributed by atoms with E-state index in [-0.39, 0.29) is 12.8 Å². The zero-order valence-corrected chi connectivity index (χ0v) is 14.6. The Morgan fingerprint density at radius 1 is 1.04 bits per heavy atom. The maximum Gasteiger partial charge on any atom is 0.303 e. The van der Waals surface area contributed by atoms with Crippen LogP contribution in [0, 0.1) is 6.92 Å². The van der Waals surface area contributed by atoms with Gasteiger partial charge in [-0.2, -0.15) is 0 Å². The Morgan fingerprint density at radius 2 is 1.58 bits per heavy atom. The minimum absolute atomic E-state index is 0.221. The molecule has 0 aliphatic carbocycles. The van der Waals surface area contributed by atoms with Crippen LogP contribution in [0.3, 0.4) is 0 Å². The maximum atomic E-state index is 10.1. The number of fused-ring (bicyclic) bond motifs is 1. The summed E-state index contributed by atoms with van der Waals surface area (Å²) in [6, 6.07) is 6.14. The number of aliphatic carboxylic acids is 2. The molecule has 1 aromatic carbocycles. The van der Waals surface area contributed by atoms with E-state index in [4.69, 9.17) is 15.9 Å². The van der Waals surface area contributed by atoms with Gasteiger partial charge in [0.05, 0.1) is 10.2 Å². The van der Waals surface area contributed by atoms with E-state index in [1.54, 1.807) is 0 Å². The fraction of sp³-hybridized carbons (Fsp3) is 0.471. The zero-order chi connectivity index (χ0) is 17.9. The molecule has 132 valence electrons. The van der Waals surface area contributed by atoms with Gasteiger partial charge in [-0.15, -0.1) is 0 Å². The van der Waals surface area contributed by atoms with Gasteiger partial charge in [0.25, 0.3) is 0 Å². The van der Waals surface area contributed by atoms with Crippen molar-refractivity contribution in [1.82, 2.24) is 4.98 Å². The molecule has 0 radical (unpaired) electrons. The summed E-state index contributed by atoms with van der Waals surface area (Å²) in [6.45, 7) is 2.06. The van der Waals surface area contributed by atoms with E-state index in [1.165, 1.54) is 21.6 Å². The van der Waals surface area contributed by atoms with Crippen molar-refractivity contribution in [3.8, 4) is 0 Å². The van der Waals surface area contributed by atoms with Crippen molar-refractivity contribution in [3.05, 3.63) is 23.8 Å². The summed E-state index contributed by atoms with van der Waals surface area (Å²) in [5, 5.41) is 17.3. The number of carboxylic acids is 2. The fourth-order valence-corrected chi connectivity index (χ4v) is 2.96. The van der Waals surface area contributed by atoms with Crippen LogP contribution in [-0.4, -0.2) is 27.1 Å². The van der Waals surface area contributed by atoms with Crippen molar-refractivity contribution in [1.29, 1.82) is 0 Å². The summed E-state index contributed by atoms with van der Waals surface area (Å²) in [4.78, 5) is 24.4. The molecule has 0 amide bonds. The van der Waals surface area contributed by atoms with E-state index in [9.17, 15) is 9.59 Å². The quantitative estimate of drug-likeness (QED) is 0.617. The summed E-state index contributed by atoms with van der Waals surface area (Å²) in [7, 11) is 0. The van der Waals surface area contributed by atoms with Gasteiger partial charge in [0.2, 0.25) is 0 Å². The van der Waals surface area contributed by atoms with Crippen molar-refractivity contribution < 1.29 is 19.8 Å². The van der Waals surface area contributed by atoms with Crippen LogP contribution in [0.25, 0.3) is 10.2 Å². The van der Waals surface area contributed by atoms with Gasteiger partial charge in [-0.25, -0.2) is 4.98 Å². The van der Waals surface area contributed by atoms with Gasteiger partial charge >= 0.3 is 11.9 Å². The lowest BCUT2D eigenvalue weighted by Gasteiger charge is -1.97. The number of benzene rings is 1. The number of carbonyl (C=O) groups is 2. The molecular weight excluding hydrogens is 328 g/mol. The molecule has 2 rings (SSSR count). The van der Waals surface area contributed by atoms with Gasteiger partial charge < -0.3 is 15.9 Å². The van der Waals surface area contributed by atoms with Crippen molar-refractivity contribution in [2.75, 3.05) is 5.73 Å². The van der Waals surface area contributed by atoms with Crippen LogP contribution in [-0.2, 0) is 9.59 Å². The van der Waals surface area contributed by atoms with E-state index in [1.807, 2.05) is 12.1 Å². The Morgan fingerprint density at radius 3 is 2.12 bits per heavy atom. The van der Waals surface area contributed by atoms with Gasteiger partial charge in [-0.3, -0.25) is 9.59 Å². The zero-order valence-electron chi connectivity index (χ0n) is 13.8. The topological polar surface area (TPSA) is 114 Å². The standard InChI is InChI=1S/C9H16O4.C8H8N2S/c10-8(11)6-4-2-1-3-5-7-9(12)13;1-5-2-3-6-7(4-5)11-8(9)10-6/h1-7H2,(H,10,11)(H,12,13);2-4H,1H3,(H2,9,10). The highest BCUT2D eigenvalue weighted by atomic mass is 32.1. The molecule has 0 saturated heterocycles. The number of hydrogen-bond acceptors (Lipinski definition) is 5. The molecule has 6 nitrogen and oxygen atoms in total. The Bertz CT molecular complexity index is 652. The van der Waals surface area contributed by atoms with Crippen molar-refractivity contribution in [3.63, 3.8) is 0 Å². The lowest BCUT2D eigenvalue weighted by Crippen LogP contribution is -1.95. The molecular formula is C17H24N2O4S. The molecule has 1 heterocycles. The molecule has 0 saturated carbocycles. The molecule has 1 aromatic heterocycles. The Labute approximate surface area is 145 Å². The largest absolute Gasteiger partial charge is 0.481 e. The first-order chi connectivity index (χ1) is 11.4. The van der Waals surface area contributed by atoms with Crippen LogP contribution >= 0.6 is 11.3 Å². The number of nitrogen functional groups attached to an aromatic ring is 1. The fourth-order valence-electron chi connectivity index (χ4n) is 2.13. The normalized spacial score (nSPS) is 10.2. The molecule has 24 heavy (non-hydrogen) atoms. The number of rotatable bonds is 8. The Kier molecular flexibility index (Phi) is 8.78. The van der Waals surface area contributed by atoms with Crippen LogP contribution in [0.4, 0.5) is 5.13 Å². The first-order valence-electron chi connectivity index (χ1n) is 7.94. The van der Waals surface area contributed by atoms with Gasteiger partial charge in [0.15, 0.2) is 5.13 Å². The highest BCUT2D eigenvalue weighted by Gasteiger charge is 1.99. The van der Waals surface area contributed by atoms with Crippen molar-refractivity contribution >= 4 is 38.6 Å².